The van der Waals surface area contributed by atoms with Crippen molar-refractivity contribution in [2.75, 3.05) is 4.90 Å². The Morgan fingerprint density at radius 1 is 0.545 bits per heavy atom. The summed E-state index contributed by atoms with van der Waals surface area (Å²) in [4.78, 5) is 2.36. The molecule has 0 aliphatic rings. The van der Waals surface area contributed by atoms with Gasteiger partial charge in [-0.15, -0.1) is 0 Å². The molecule has 0 spiro atoms. The van der Waals surface area contributed by atoms with Crippen LogP contribution in [0.15, 0.2) is 84.9 Å². The van der Waals surface area contributed by atoms with Crippen molar-refractivity contribution in [2.24, 2.45) is 0 Å². The Kier molecular flexibility index (Phi) is 4.24. The predicted molar refractivity (Wildman–Crippen MR) is 95.6 cm³/mol. The Labute approximate surface area is 132 Å². The zero-order chi connectivity index (χ0) is 15.4. The quantitative estimate of drug-likeness (QED) is 0.577. The van der Waals surface area contributed by atoms with E-state index < -0.39 is 0 Å². The van der Waals surface area contributed by atoms with Crippen LogP contribution in [-0.2, 0) is 0 Å². The van der Waals surface area contributed by atoms with Crippen LogP contribution in [0.25, 0.3) is 11.1 Å². The fraction of sp³-hybridized carbons (Fsp3) is 0.143. The number of anilines is 2. The third kappa shape index (κ3) is 3.04. The molecule has 3 aromatic rings. The zero-order valence-electron chi connectivity index (χ0n) is 13.1. The lowest BCUT2D eigenvalue weighted by atomic mass is 10.0. The molecule has 22 heavy (non-hydrogen) atoms. The normalized spacial score (nSPS) is 10.7. The highest BCUT2D eigenvalue weighted by Crippen LogP contribution is 2.29. The SMILES string of the molecule is CC(C)N(c1ccccc1)c1ccc(-c2ccccc2)cc1. The standard InChI is InChI=1S/C21H21N/c1-17(2)22(20-11-7-4-8-12-20)21-15-13-19(14-16-21)18-9-5-3-6-10-18/h3-17H,1-2H3. The van der Waals surface area contributed by atoms with E-state index in [2.05, 4.69) is 97.6 Å². The molecule has 0 heterocycles. The first kappa shape index (κ1) is 14.4. The molecule has 110 valence electrons. The molecule has 0 radical (unpaired) electrons. The summed E-state index contributed by atoms with van der Waals surface area (Å²) in [6, 6.07) is 30.2. The molecular weight excluding hydrogens is 266 g/mol. The van der Waals surface area contributed by atoms with Crippen LogP contribution in [0.3, 0.4) is 0 Å². The van der Waals surface area contributed by atoms with Crippen molar-refractivity contribution in [3.63, 3.8) is 0 Å². The molecular formula is C21H21N. The predicted octanol–water partition coefficient (Wildman–Crippen LogP) is 5.90. The largest absolute Gasteiger partial charge is 0.339 e. The van der Waals surface area contributed by atoms with Crippen LogP contribution in [0, 0.1) is 0 Å². The van der Waals surface area contributed by atoms with Gasteiger partial charge < -0.3 is 4.90 Å². The minimum Gasteiger partial charge on any atom is -0.339 e. The fourth-order valence-corrected chi connectivity index (χ4v) is 2.78. The smallest absolute Gasteiger partial charge is 0.0413 e. The summed E-state index contributed by atoms with van der Waals surface area (Å²) in [5.41, 5.74) is 4.96. The lowest BCUT2D eigenvalue weighted by molar-refractivity contribution is 0.789. The molecule has 0 N–H and O–H groups in total. The van der Waals surface area contributed by atoms with Crippen molar-refractivity contribution in [2.45, 2.75) is 19.9 Å². The zero-order valence-corrected chi connectivity index (χ0v) is 13.1. The number of hydrogen-bond donors (Lipinski definition) is 0. The van der Waals surface area contributed by atoms with Crippen molar-refractivity contribution >= 4 is 11.4 Å². The van der Waals surface area contributed by atoms with Gasteiger partial charge in [-0.3, -0.25) is 0 Å². The first-order valence-corrected chi connectivity index (χ1v) is 7.75. The van der Waals surface area contributed by atoms with E-state index in [1.807, 2.05) is 6.07 Å². The van der Waals surface area contributed by atoms with Crippen molar-refractivity contribution in [3.05, 3.63) is 84.9 Å². The number of para-hydroxylation sites is 1. The second-order valence-electron chi connectivity index (χ2n) is 5.71. The first-order chi connectivity index (χ1) is 10.8. The van der Waals surface area contributed by atoms with Gasteiger partial charge in [0.15, 0.2) is 0 Å². The van der Waals surface area contributed by atoms with Crippen LogP contribution in [0.1, 0.15) is 13.8 Å². The van der Waals surface area contributed by atoms with E-state index >= 15 is 0 Å². The number of benzene rings is 3. The first-order valence-electron chi connectivity index (χ1n) is 7.75. The average molecular weight is 287 g/mol. The van der Waals surface area contributed by atoms with Gasteiger partial charge >= 0.3 is 0 Å². The van der Waals surface area contributed by atoms with Crippen LogP contribution in [0.2, 0.25) is 0 Å². The molecule has 3 aromatic carbocycles. The van der Waals surface area contributed by atoms with Gasteiger partial charge in [-0.25, -0.2) is 0 Å². The molecule has 0 aliphatic heterocycles. The van der Waals surface area contributed by atoms with Gasteiger partial charge in [0, 0.05) is 17.4 Å². The van der Waals surface area contributed by atoms with Gasteiger partial charge in [0.1, 0.15) is 0 Å². The van der Waals surface area contributed by atoms with Crippen LogP contribution in [-0.4, -0.2) is 6.04 Å². The minimum absolute atomic E-state index is 0.407. The van der Waals surface area contributed by atoms with Gasteiger partial charge in [-0.1, -0.05) is 60.7 Å². The Hall–Kier alpha value is -2.54. The highest BCUT2D eigenvalue weighted by atomic mass is 15.2. The molecule has 0 fully saturated rings. The number of nitrogens with zero attached hydrogens (tertiary/aromatic N) is 1. The minimum atomic E-state index is 0.407. The summed E-state index contributed by atoms with van der Waals surface area (Å²) in [6.45, 7) is 4.44. The van der Waals surface area contributed by atoms with Crippen LogP contribution < -0.4 is 4.90 Å². The average Bonchev–Trinajstić information content (AvgIpc) is 2.57. The monoisotopic (exact) mass is 287 g/mol. The van der Waals surface area contributed by atoms with E-state index in [0.717, 1.165) is 0 Å². The van der Waals surface area contributed by atoms with E-state index in [9.17, 15) is 0 Å². The second-order valence-corrected chi connectivity index (χ2v) is 5.71. The van der Waals surface area contributed by atoms with Gasteiger partial charge in [-0.2, -0.15) is 0 Å². The van der Waals surface area contributed by atoms with Crippen molar-refractivity contribution < 1.29 is 0 Å². The summed E-state index contributed by atoms with van der Waals surface area (Å²) >= 11 is 0. The molecule has 0 saturated heterocycles. The molecule has 1 nitrogen and oxygen atoms in total. The summed E-state index contributed by atoms with van der Waals surface area (Å²) in [5.74, 6) is 0. The Morgan fingerprint density at radius 2 is 1.00 bits per heavy atom. The molecule has 0 aromatic heterocycles. The third-order valence-corrected chi connectivity index (χ3v) is 3.80. The van der Waals surface area contributed by atoms with Crippen LogP contribution in [0.4, 0.5) is 11.4 Å². The van der Waals surface area contributed by atoms with E-state index in [4.69, 9.17) is 0 Å². The van der Waals surface area contributed by atoms with Crippen molar-refractivity contribution in [1.82, 2.24) is 0 Å². The van der Waals surface area contributed by atoms with Crippen LogP contribution in [0.5, 0.6) is 0 Å². The van der Waals surface area contributed by atoms with E-state index in [1.54, 1.807) is 0 Å². The van der Waals surface area contributed by atoms with Crippen molar-refractivity contribution in [1.29, 1.82) is 0 Å². The van der Waals surface area contributed by atoms with Gasteiger partial charge in [0.25, 0.3) is 0 Å². The molecule has 3 rings (SSSR count). The van der Waals surface area contributed by atoms with Crippen LogP contribution >= 0.6 is 0 Å². The Morgan fingerprint density at radius 3 is 1.55 bits per heavy atom. The number of hydrogen-bond acceptors (Lipinski definition) is 1. The molecule has 0 saturated carbocycles. The van der Waals surface area contributed by atoms with Gasteiger partial charge in [0.05, 0.1) is 0 Å². The Balaban J connectivity index is 1.94. The highest BCUT2D eigenvalue weighted by Gasteiger charge is 2.12. The maximum atomic E-state index is 2.36. The summed E-state index contributed by atoms with van der Waals surface area (Å²) in [6.07, 6.45) is 0. The van der Waals surface area contributed by atoms with Gasteiger partial charge in [-0.05, 0) is 49.2 Å². The van der Waals surface area contributed by atoms with E-state index in [0.29, 0.717) is 6.04 Å². The second kappa shape index (κ2) is 6.48. The highest BCUT2D eigenvalue weighted by molar-refractivity contribution is 5.70. The van der Waals surface area contributed by atoms with E-state index in [-0.39, 0.29) is 0 Å². The summed E-state index contributed by atoms with van der Waals surface area (Å²) in [7, 11) is 0. The summed E-state index contributed by atoms with van der Waals surface area (Å²) < 4.78 is 0. The lowest BCUT2D eigenvalue weighted by Gasteiger charge is -2.29. The lowest BCUT2D eigenvalue weighted by Crippen LogP contribution is -2.25. The fourth-order valence-electron chi connectivity index (χ4n) is 2.78. The molecule has 0 atom stereocenters. The van der Waals surface area contributed by atoms with E-state index in [1.165, 1.54) is 22.5 Å². The van der Waals surface area contributed by atoms with Gasteiger partial charge in [0.2, 0.25) is 0 Å². The third-order valence-electron chi connectivity index (χ3n) is 3.80. The molecule has 0 bridgehead atoms. The molecule has 1 heteroatoms. The summed E-state index contributed by atoms with van der Waals surface area (Å²) in [5, 5.41) is 0. The topological polar surface area (TPSA) is 3.24 Å². The Bertz CT molecular complexity index is 700. The maximum absolute atomic E-state index is 2.36. The molecule has 0 aliphatic carbocycles. The molecule has 0 unspecified atom stereocenters. The maximum Gasteiger partial charge on any atom is 0.0413 e. The number of rotatable bonds is 4. The van der Waals surface area contributed by atoms with Crippen molar-refractivity contribution in [3.8, 4) is 11.1 Å². The molecule has 0 amide bonds.